The molecule has 5 heteroatoms. The summed E-state index contributed by atoms with van der Waals surface area (Å²) in [5, 5.41) is 2.83. The van der Waals surface area contributed by atoms with Crippen molar-refractivity contribution in [2.75, 3.05) is 24.6 Å². The highest BCUT2D eigenvalue weighted by molar-refractivity contribution is 5.95. The average molecular weight is 235 g/mol. The van der Waals surface area contributed by atoms with Gasteiger partial charge in [-0.05, 0) is 31.0 Å². The third kappa shape index (κ3) is 2.88. The first kappa shape index (κ1) is 11.7. The van der Waals surface area contributed by atoms with Gasteiger partial charge < -0.3 is 21.5 Å². The number of amides is 1. The van der Waals surface area contributed by atoms with Gasteiger partial charge >= 0.3 is 0 Å². The molecule has 0 radical (unpaired) electrons. The Kier molecular flexibility index (Phi) is 3.49. The molecule has 17 heavy (non-hydrogen) atoms. The van der Waals surface area contributed by atoms with Crippen LogP contribution in [0.5, 0.6) is 0 Å². The van der Waals surface area contributed by atoms with Gasteiger partial charge in [-0.1, -0.05) is 0 Å². The summed E-state index contributed by atoms with van der Waals surface area (Å²) in [6.45, 7) is 1.33. The Morgan fingerprint density at radius 1 is 1.41 bits per heavy atom. The van der Waals surface area contributed by atoms with Gasteiger partial charge in [0.05, 0.1) is 17.5 Å². The maximum atomic E-state index is 11.8. The number of hydrogen-bond donors (Lipinski definition) is 3. The minimum atomic E-state index is -0.146. The molecule has 0 spiro atoms. The summed E-state index contributed by atoms with van der Waals surface area (Å²) >= 11 is 0. The van der Waals surface area contributed by atoms with E-state index in [2.05, 4.69) is 5.32 Å². The van der Waals surface area contributed by atoms with Crippen LogP contribution in [0, 0.1) is 0 Å². The smallest absolute Gasteiger partial charge is 0.251 e. The van der Waals surface area contributed by atoms with Crippen LogP contribution >= 0.6 is 0 Å². The van der Waals surface area contributed by atoms with Gasteiger partial charge in [-0.2, -0.15) is 0 Å². The summed E-state index contributed by atoms with van der Waals surface area (Å²) in [5.74, 6) is -0.146. The first-order valence-corrected chi connectivity index (χ1v) is 5.71. The normalized spacial score (nSPS) is 19.2. The van der Waals surface area contributed by atoms with Crippen molar-refractivity contribution in [2.45, 2.75) is 18.9 Å². The number of benzene rings is 1. The summed E-state index contributed by atoms with van der Waals surface area (Å²) in [5.41, 5.74) is 12.7. The third-order valence-electron chi connectivity index (χ3n) is 2.86. The second kappa shape index (κ2) is 5.05. The van der Waals surface area contributed by atoms with Crippen LogP contribution in [0.15, 0.2) is 18.2 Å². The van der Waals surface area contributed by atoms with E-state index in [9.17, 15) is 4.79 Å². The molecule has 1 amide bonds. The van der Waals surface area contributed by atoms with Gasteiger partial charge in [-0.3, -0.25) is 4.79 Å². The Hall–Kier alpha value is -1.75. The lowest BCUT2D eigenvalue weighted by atomic mass is 10.1. The zero-order valence-corrected chi connectivity index (χ0v) is 9.61. The fourth-order valence-corrected chi connectivity index (χ4v) is 1.83. The first-order valence-electron chi connectivity index (χ1n) is 5.71. The second-order valence-corrected chi connectivity index (χ2v) is 4.19. The van der Waals surface area contributed by atoms with E-state index < -0.39 is 0 Å². The van der Waals surface area contributed by atoms with Crippen LogP contribution in [0.1, 0.15) is 23.2 Å². The van der Waals surface area contributed by atoms with Crippen molar-refractivity contribution in [1.82, 2.24) is 5.32 Å². The Morgan fingerprint density at radius 2 is 2.24 bits per heavy atom. The van der Waals surface area contributed by atoms with Crippen molar-refractivity contribution in [1.29, 1.82) is 0 Å². The molecule has 1 unspecified atom stereocenters. The summed E-state index contributed by atoms with van der Waals surface area (Å²) in [4.78, 5) is 11.8. The molecule has 2 rings (SSSR count). The number of carbonyl (C=O) groups excluding carboxylic acids is 1. The molecular weight excluding hydrogens is 218 g/mol. The topological polar surface area (TPSA) is 90.4 Å². The minimum Gasteiger partial charge on any atom is -0.397 e. The average Bonchev–Trinajstić information content (AvgIpc) is 2.82. The fraction of sp³-hybridized carbons (Fsp3) is 0.417. The molecule has 1 atom stereocenters. The molecule has 5 nitrogen and oxygen atoms in total. The molecule has 1 aromatic carbocycles. The van der Waals surface area contributed by atoms with Crippen molar-refractivity contribution < 1.29 is 9.53 Å². The maximum absolute atomic E-state index is 11.8. The molecule has 1 aliphatic rings. The predicted octanol–water partition coefficient (Wildman–Crippen LogP) is 0.760. The van der Waals surface area contributed by atoms with Gasteiger partial charge in [0, 0.05) is 18.7 Å². The zero-order chi connectivity index (χ0) is 12.3. The van der Waals surface area contributed by atoms with Crippen molar-refractivity contribution >= 4 is 17.3 Å². The van der Waals surface area contributed by atoms with Gasteiger partial charge in [0.1, 0.15) is 0 Å². The highest BCUT2D eigenvalue weighted by Gasteiger charge is 2.16. The SMILES string of the molecule is Nc1ccc(C(=O)NCC2CCCO2)cc1N. The molecule has 1 heterocycles. The van der Waals surface area contributed by atoms with Crippen LogP contribution in [0.4, 0.5) is 11.4 Å². The van der Waals surface area contributed by atoms with E-state index in [1.165, 1.54) is 0 Å². The van der Waals surface area contributed by atoms with Crippen LogP contribution < -0.4 is 16.8 Å². The molecule has 1 aliphatic heterocycles. The second-order valence-electron chi connectivity index (χ2n) is 4.19. The Morgan fingerprint density at radius 3 is 2.88 bits per heavy atom. The van der Waals surface area contributed by atoms with E-state index in [1.807, 2.05) is 0 Å². The zero-order valence-electron chi connectivity index (χ0n) is 9.61. The van der Waals surface area contributed by atoms with E-state index in [4.69, 9.17) is 16.2 Å². The van der Waals surface area contributed by atoms with Gasteiger partial charge in [-0.25, -0.2) is 0 Å². The van der Waals surface area contributed by atoms with E-state index in [1.54, 1.807) is 18.2 Å². The van der Waals surface area contributed by atoms with Gasteiger partial charge in [0.15, 0.2) is 0 Å². The van der Waals surface area contributed by atoms with Crippen molar-refractivity contribution in [3.63, 3.8) is 0 Å². The van der Waals surface area contributed by atoms with E-state index in [0.29, 0.717) is 23.5 Å². The predicted molar refractivity (Wildman–Crippen MR) is 66.6 cm³/mol. The number of nitrogens with one attached hydrogen (secondary N) is 1. The number of nitrogen functional groups attached to an aromatic ring is 2. The summed E-state index contributed by atoms with van der Waals surface area (Å²) in [6, 6.07) is 4.88. The van der Waals surface area contributed by atoms with E-state index in [0.717, 1.165) is 19.4 Å². The number of nitrogens with two attached hydrogens (primary N) is 2. The third-order valence-corrected chi connectivity index (χ3v) is 2.86. The molecule has 5 N–H and O–H groups in total. The quantitative estimate of drug-likeness (QED) is 0.675. The first-order chi connectivity index (χ1) is 8.16. The van der Waals surface area contributed by atoms with Crippen LogP contribution in [0.25, 0.3) is 0 Å². The molecule has 1 saturated heterocycles. The monoisotopic (exact) mass is 235 g/mol. The van der Waals surface area contributed by atoms with Crippen LogP contribution in [-0.2, 0) is 4.74 Å². The van der Waals surface area contributed by atoms with Crippen LogP contribution in [-0.4, -0.2) is 25.2 Å². The number of ether oxygens (including phenoxy) is 1. The number of carbonyl (C=O) groups is 1. The molecular formula is C12H17N3O2. The van der Waals surface area contributed by atoms with Gasteiger partial charge in [0.25, 0.3) is 5.91 Å². The van der Waals surface area contributed by atoms with Crippen LogP contribution in [0.3, 0.4) is 0 Å². The van der Waals surface area contributed by atoms with E-state index in [-0.39, 0.29) is 12.0 Å². The number of anilines is 2. The summed E-state index contributed by atoms with van der Waals surface area (Å²) < 4.78 is 5.42. The molecule has 1 aromatic rings. The number of rotatable bonds is 3. The van der Waals surface area contributed by atoms with Gasteiger partial charge in [0.2, 0.25) is 0 Å². The molecule has 92 valence electrons. The Balaban J connectivity index is 1.92. The van der Waals surface area contributed by atoms with Crippen molar-refractivity contribution in [3.8, 4) is 0 Å². The summed E-state index contributed by atoms with van der Waals surface area (Å²) in [6.07, 6.45) is 2.21. The largest absolute Gasteiger partial charge is 0.397 e. The maximum Gasteiger partial charge on any atom is 0.251 e. The molecule has 0 bridgehead atoms. The summed E-state index contributed by atoms with van der Waals surface area (Å²) in [7, 11) is 0. The molecule has 0 saturated carbocycles. The minimum absolute atomic E-state index is 0.144. The Labute approximate surface area is 100 Å². The van der Waals surface area contributed by atoms with Crippen molar-refractivity contribution in [2.24, 2.45) is 0 Å². The highest BCUT2D eigenvalue weighted by atomic mass is 16.5. The van der Waals surface area contributed by atoms with Gasteiger partial charge in [-0.15, -0.1) is 0 Å². The molecule has 1 fully saturated rings. The lowest BCUT2D eigenvalue weighted by Crippen LogP contribution is -2.31. The van der Waals surface area contributed by atoms with Crippen molar-refractivity contribution in [3.05, 3.63) is 23.8 Å². The lowest BCUT2D eigenvalue weighted by molar-refractivity contribution is 0.0858. The van der Waals surface area contributed by atoms with Crippen LogP contribution in [0.2, 0.25) is 0 Å². The molecule has 0 aliphatic carbocycles. The van der Waals surface area contributed by atoms with E-state index >= 15 is 0 Å². The lowest BCUT2D eigenvalue weighted by Gasteiger charge is -2.11. The fourth-order valence-electron chi connectivity index (χ4n) is 1.83. The Bertz CT molecular complexity index is 414. The molecule has 0 aromatic heterocycles. The standard InChI is InChI=1S/C12H17N3O2/c13-10-4-3-8(6-11(10)14)12(16)15-7-9-2-1-5-17-9/h3-4,6,9H,1-2,5,7,13-14H2,(H,15,16). The highest BCUT2D eigenvalue weighted by Crippen LogP contribution is 2.16. The number of hydrogen-bond acceptors (Lipinski definition) is 4.